The van der Waals surface area contributed by atoms with Crippen molar-refractivity contribution in [2.45, 2.75) is 6.42 Å². The van der Waals surface area contributed by atoms with E-state index in [1.165, 1.54) is 0 Å². The maximum atomic E-state index is 12.1. The molecule has 0 amide bonds. The summed E-state index contributed by atoms with van der Waals surface area (Å²) in [5.41, 5.74) is 7.69. The van der Waals surface area contributed by atoms with Gasteiger partial charge in [0.15, 0.2) is 5.78 Å². The van der Waals surface area contributed by atoms with Crippen LogP contribution < -0.4 is 5.73 Å². The number of nitrogens with two attached hydrogens (primary N) is 1. The van der Waals surface area contributed by atoms with Gasteiger partial charge in [0.25, 0.3) is 0 Å². The van der Waals surface area contributed by atoms with Gasteiger partial charge in [-0.15, -0.1) is 0 Å². The molecule has 0 aliphatic heterocycles. The van der Waals surface area contributed by atoms with E-state index in [1.807, 2.05) is 0 Å². The van der Waals surface area contributed by atoms with E-state index >= 15 is 0 Å². The predicted molar refractivity (Wildman–Crippen MR) is 74.7 cm³/mol. The Labute approximate surface area is 113 Å². The van der Waals surface area contributed by atoms with Gasteiger partial charge in [-0.3, -0.25) is 4.79 Å². The van der Waals surface area contributed by atoms with E-state index in [0.29, 0.717) is 11.3 Å². The van der Waals surface area contributed by atoms with Crippen molar-refractivity contribution in [2.24, 2.45) is 0 Å². The number of rotatable bonds is 3. The second kappa shape index (κ2) is 5.23. The van der Waals surface area contributed by atoms with Crippen LogP contribution in [0.15, 0.2) is 46.9 Å². The predicted octanol–water partition coefficient (Wildman–Crippen LogP) is 3.16. The second-order valence-corrected chi connectivity index (χ2v) is 4.96. The zero-order chi connectivity index (χ0) is 13.1. The molecule has 3 N–H and O–H groups in total. The molecule has 0 fully saturated rings. The van der Waals surface area contributed by atoms with Crippen molar-refractivity contribution < 1.29 is 9.90 Å². The summed E-state index contributed by atoms with van der Waals surface area (Å²) in [6, 6.07) is 11.8. The minimum atomic E-state index is -0.00584. The highest BCUT2D eigenvalue weighted by Crippen LogP contribution is 2.19. The number of phenols is 1. The average molecular weight is 306 g/mol. The molecule has 0 saturated carbocycles. The molecule has 0 bridgehead atoms. The number of carbonyl (C=O) groups is 1. The summed E-state index contributed by atoms with van der Waals surface area (Å²) in [6.07, 6.45) is 0.288. The number of phenolic OH excluding ortho intramolecular Hbond substituents is 1. The largest absolute Gasteiger partial charge is 0.508 e. The van der Waals surface area contributed by atoms with Crippen LogP contribution in [0.25, 0.3) is 0 Å². The van der Waals surface area contributed by atoms with Crippen LogP contribution in [0.3, 0.4) is 0 Å². The lowest BCUT2D eigenvalue weighted by Gasteiger charge is -2.04. The number of hydrogen-bond donors (Lipinski definition) is 2. The van der Waals surface area contributed by atoms with Gasteiger partial charge in [-0.25, -0.2) is 0 Å². The van der Waals surface area contributed by atoms with Gasteiger partial charge in [-0.2, -0.15) is 0 Å². The first-order valence-corrected chi connectivity index (χ1v) is 6.21. The standard InChI is InChI=1S/C14H12BrNO2/c15-11-6-10(7-12(16)8-11)14(18)5-9-1-3-13(17)4-2-9/h1-4,6-8,17H,5,16H2. The molecule has 0 atom stereocenters. The molecule has 92 valence electrons. The van der Waals surface area contributed by atoms with Crippen LogP contribution in [0, 0.1) is 0 Å². The van der Waals surface area contributed by atoms with Crippen molar-refractivity contribution in [1.82, 2.24) is 0 Å². The molecule has 0 radical (unpaired) electrons. The molecule has 0 heterocycles. The Morgan fingerprint density at radius 1 is 1.17 bits per heavy atom. The monoisotopic (exact) mass is 305 g/mol. The maximum Gasteiger partial charge on any atom is 0.167 e. The van der Waals surface area contributed by atoms with E-state index in [0.717, 1.165) is 10.0 Å². The highest BCUT2D eigenvalue weighted by Gasteiger charge is 2.08. The number of anilines is 1. The van der Waals surface area contributed by atoms with E-state index in [-0.39, 0.29) is 18.0 Å². The van der Waals surface area contributed by atoms with E-state index in [1.54, 1.807) is 42.5 Å². The van der Waals surface area contributed by atoms with Gasteiger partial charge in [-0.05, 0) is 35.9 Å². The second-order valence-electron chi connectivity index (χ2n) is 4.04. The topological polar surface area (TPSA) is 63.3 Å². The van der Waals surface area contributed by atoms with E-state index in [2.05, 4.69) is 15.9 Å². The molecule has 18 heavy (non-hydrogen) atoms. The Morgan fingerprint density at radius 2 is 1.83 bits per heavy atom. The molecule has 0 saturated heterocycles. The smallest absolute Gasteiger partial charge is 0.167 e. The number of benzene rings is 2. The number of Topliss-reactive ketones (excluding diaryl/α,β-unsaturated/α-hetero) is 1. The zero-order valence-electron chi connectivity index (χ0n) is 9.56. The summed E-state index contributed by atoms with van der Waals surface area (Å²) in [6.45, 7) is 0. The third-order valence-electron chi connectivity index (χ3n) is 2.54. The molecular formula is C14H12BrNO2. The fourth-order valence-electron chi connectivity index (χ4n) is 1.67. The fourth-order valence-corrected chi connectivity index (χ4v) is 2.19. The summed E-state index contributed by atoms with van der Waals surface area (Å²) < 4.78 is 0.788. The number of halogens is 1. The van der Waals surface area contributed by atoms with E-state index in [9.17, 15) is 9.90 Å². The van der Waals surface area contributed by atoms with Crippen LogP contribution in [0.2, 0.25) is 0 Å². The van der Waals surface area contributed by atoms with Crippen molar-refractivity contribution in [2.75, 3.05) is 5.73 Å². The molecule has 0 spiro atoms. The lowest BCUT2D eigenvalue weighted by molar-refractivity contribution is 0.0993. The molecular weight excluding hydrogens is 294 g/mol. The van der Waals surface area contributed by atoms with Crippen molar-refractivity contribution in [3.05, 3.63) is 58.1 Å². The molecule has 2 rings (SSSR count). The summed E-state index contributed by atoms with van der Waals surface area (Å²) >= 11 is 3.31. The molecule has 2 aromatic carbocycles. The lowest BCUT2D eigenvalue weighted by atomic mass is 10.0. The number of carbonyl (C=O) groups excluding carboxylic acids is 1. The summed E-state index contributed by atoms with van der Waals surface area (Å²) in [5, 5.41) is 9.17. The normalized spacial score (nSPS) is 10.3. The Morgan fingerprint density at radius 3 is 2.44 bits per heavy atom. The van der Waals surface area contributed by atoms with Crippen LogP contribution in [0.5, 0.6) is 5.75 Å². The third kappa shape index (κ3) is 3.11. The first kappa shape index (κ1) is 12.6. The van der Waals surface area contributed by atoms with Gasteiger partial charge in [-0.1, -0.05) is 28.1 Å². The van der Waals surface area contributed by atoms with Crippen LogP contribution in [0.1, 0.15) is 15.9 Å². The zero-order valence-corrected chi connectivity index (χ0v) is 11.1. The molecule has 0 unspecified atom stereocenters. The minimum Gasteiger partial charge on any atom is -0.508 e. The van der Waals surface area contributed by atoms with Crippen LogP contribution in [-0.2, 0) is 6.42 Å². The molecule has 2 aromatic rings. The lowest BCUT2D eigenvalue weighted by Crippen LogP contribution is -2.04. The molecule has 0 aliphatic carbocycles. The van der Waals surface area contributed by atoms with Gasteiger partial charge in [0.2, 0.25) is 0 Å². The van der Waals surface area contributed by atoms with Crippen LogP contribution in [-0.4, -0.2) is 10.9 Å². The van der Waals surface area contributed by atoms with Crippen molar-refractivity contribution in [3.8, 4) is 5.75 Å². The minimum absolute atomic E-state index is 0.00584. The Hall–Kier alpha value is -1.81. The van der Waals surface area contributed by atoms with Crippen molar-refractivity contribution >= 4 is 27.4 Å². The summed E-state index contributed by atoms with van der Waals surface area (Å²) in [7, 11) is 0. The van der Waals surface area contributed by atoms with Crippen molar-refractivity contribution in [3.63, 3.8) is 0 Å². The number of aromatic hydroxyl groups is 1. The molecule has 4 heteroatoms. The number of ketones is 1. The van der Waals surface area contributed by atoms with Gasteiger partial charge in [0, 0.05) is 22.1 Å². The summed E-state index contributed by atoms with van der Waals surface area (Å²) in [4.78, 5) is 12.1. The summed E-state index contributed by atoms with van der Waals surface area (Å²) in [5.74, 6) is 0.187. The maximum absolute atomic E-state index is 12.1. The highest BCUT2D eigenvalue weighted by molar-refractivity contribution is 9.10. The van der Waals surface area contributed by atoms with E-state index in [4.69, 9.17) is 5.73 Å². The molecule has 0 aromatic heterocycles. The van der Waals surface area contributed by atoms with Crippen LogP contribution >= 0.6 is 15.9 Å². The number of hydrogen-bond acceptors (Lipinski definition) is 3. The van der Waals surface area contributed by atoms with Gasteiger partial charge < -0.3 is 10.8 Å². The molecule has 3 nitrogen and oxygen atoms in total. The molecule has 0 aliphatic rings. The average Bonchev–Trinajstić information content (AvgIpc) is 2.31. The first-order valence-electron chi connectivity index (χ1n) is 5.42. The fraction of sp³-hybridized carbons (Fsp3) is 0.0714. The highest BCUT2D eigenvalue weighted by atomic mass is 79.9. The quantitative estimate of drug-likeness (QED) is 0.676. The SMILES string of the molecule is Nc1cc(Br)cc(C(=O)Cc2ccc(O)cc2)c1. The van der Waals surface area contributed by atoms with E-state index < -0.39 is 0 Å². The number of nitrogen functional groups attached to an aromatic ring is 1. The van der Waals surface area contributed by atoms with Gasteiger partial charge >= 0.3 is 0 Å². The Balaban J connectivity index is 2.19. The van der Waals surface area contributed by atoms with Crippen molar-refractivity contribution in [1.29, 1.82) is 0 Å². The Bertz CT molecular complexity index is 559. The third-order valence-corrected chi connectivity index (χ3v) is 3.00. The first-order chi connectivity index (χ1) is 8.54. The van der Waals surface area contributed by atoms with Gasteiger partial charge in [0.1, 0.15) is 5.75 Å². The Kier molecular flexibility index (Phi) is 3.67. The van der Waals surface area contributed by atoms with Gasteiger partial charge in [0.05, 0.1) is 0 Å². The van der Waals surface area contributed by atoms with Crippen LogP contribution in [0.4, 0.5) is 5.69 Å².